The number of benzene rings is 3. The molecule has 0 heterocycles. The Morgan fingerprint density at radius 1 is 0.500 bits per heavy atom. The molecule has 0 spiro atoms. The van der Waals surface area contributed by atoms with E-state index in [9.17, 15) is 25.3 Å². The van der Waals surface area contributed by atoms with Crippen molar-refractivity contribution < 1.29 is 37.8 Å². The van der Waals surface area contributed by atoms with Gasteiger partial charge in [0.15, 0.2) is 0 Å². The van der Waals surface area contributed by atoms with Crippen LogP contribution in [-0.4, -0.2) is 45.1 Å². The van der Waals surface area contributed by atoms with E-state index < -0.39 is 55.6 Å². The van der Waals surface area contributed by atoms with Gasteiger partial charge in [-0.3, -0.25) is 12.5 Å². The second-order valence-electron chi connectivity index (χ2n) is 9.09. The fourth-order valence-corrected chi connectivity index (χ4v) is 6.08. The SMILES string of the molecule is [CH2]C(COS(=O)(=O)c1ccc(C)cc1)(COS(=O)(=O)c1ccc(C)cc1)COS(=O)(=O)c1ccc(C)cc1. The maximum Gasteiger partial charge on any atom is 0.296 e. The Morgan fingerprint density at radius 2 is 0.711 bits per heavy atom. The van der Waals surface area contributed by atoms with E-state index >= 15 is 0 Å². The van der Waals surface area contributed by atoms with Crippen LogP contribution >= 0.6 is 0 Å². The molecule has 0 saturated carbocycles. The molecule has 0 amide bonds. The molecule has 0 bridgehead atoms. The molecule has 0 aliphatic rings. The standard InChI is InChI=1S/C26H29O9S3/c1-20-5-11-23(12-6-20)36(27,28)33-17-26(4,18-34-37(29,30)24-13-7-21(2)8-14-24)19-35-38(31,32)25-15-9-22(3)10-16-25/h5-16H,4,17-19H2,1-3H3. The summed E-state index contributed by atoms with van der Waals surface area (Å²) in [5.74, 6) is 0. The van der Waals surface area contributed by atoms with E-state index in [0.717, 1.165) is 16.7 Å². The first-order chi connectivity index (χ1) is 17.6. The maximum absolute atomic E-state index is 12.7. The van der Waals surface area contributed by atoms with E-state index in [1.165, 1.54) is 36.4 Å². The summed E-state index contributed by atoms with van der Waals surface area (Å²) in [6.45, 7) is 7.02. The summed E-state index contributed by atoms with van der Waals surface area (Å²) >= 11 is 0. The highest BCUT2D eigenvalue weighted by molar-refractivity contribution is 7.87. The molecule has 0 saturated heterocycles. The summed E-state index contributed by atoms with van der Waals surface area (Å²) in [5.41, 5.74) is 0.743. The first-order valence-corrected chi connectivity index (χ1v) is 15.6. The second-order valence-corrected chi connectivity index (χ2v) is 13.9. The fourth-order valence-electron chi connectivity index (χ4n) is 3.05. The van der Waals surface area contributed by atoms with E-state index in [4.69, 9.17) is 12.5 Å². The molecule has 0 atom stereocenters. The van der Waals surface area contributed by atoms with E-state index in [1.54, 1.807) is 57.2 Å². The molecule has 1 radical (unpaired) electrons. The second kappa shape index (κ2) is 11.6. The van der Waals surface area contributed by atoms with Crippen molar-refractivity contribution in [3.05, 3.63) is 96.4 Å². The van der Waals surface area contributed by atoms with Gasteiger partial charge in [-0.2, -0.15) is 25.3 Å². The molecule has 9 nitrogen and oxygen atoms in total. The zero-order chi connectivity index (χ0) is 28.2. The predicted molar refractivity (Wildman–Crippen MR) is 141 cm³/mol. The van der Waals surface area contributed by atoms with Crippen LogP contribution in [0.3, 0.4) is 0 Å². The Balaban J connectivity index is 1.83. The van der Waals surface area contributed by atoms with Crippen LogP contribution in [0, 0.1) is 33.1 Å². The lowest BCUT2D eigenvalue weighted by Gasteiger charge is -2.27. The topological polar surface area (TPSA) is 130 Å². The van der Waals surface area contributed by atoms with E-state index in [2.05, 4.69) is 6.92 Å². The van der Waals surface area contributed by atoms with Crippen LogP contribution in [0.5, 0.6) is 0 Å². The highest BCUT2D eigenvalue weighted by Gasteiger charge is 2.34. The summed E-state index contributed by atoms with van der Waals surface area (Å²) < 4.78 is 91.8. The first-order valence-electron chi connectivity index (χ1n) is 11.4. The van der Waals surface area contributed by atoms with Gasteiger partial charge < -0.3 is 0 Å². The zero-order valence-corrected chi connectivity index (χ0v) is 23.6. The molecule has 0 fully saturated rings. The molecule has 3 aromatic rings. The number of rotatable bonds is 12. The highest BCUT2D eigenvalue weighted by atomic mass is 32.2. The summed E-state index contributed by atoms with van der Waals surface area (Å²) in [6.07, 6.45) is 0. The van der Waals surface area contributed by atoms with Crippen molar-refractivity contribution in [1.82, 2.24) is 0 Å². The Kier molecular flexibility index (Phi) is 9.17. The van der Waals surface area contributed by atoms with Gasteiger partial charge >= 0.3 is 0 Å². The van der Waals surface area contributed by atoms with Gasteiger partial charge in [-0.05, 0) is 64.1 Å². The van der Waals surface area contributed by atoms with Crippen molar-refractivity contribution in [2.45, 2.75) is 35.5 Å². The monoisotopic (exact) mass is 581 g/mol. The summed E-state index contributed by atoms with van der Waals surface area (Å²) in [5, 5.41) is 0. The molecule has 0 unspecified atom stereocenters. The van der Waals surface area contributed by atoms with Crippen LogP contribution in [0.1, 0.15) is 16.7 Å². The molecule has 3 rings (SSSR count). The average molecular weight is 582 g/mol. The Hall–Kier alpha value is -2.61. The summed E-state index contributed by atoms with van der Waals surface area (Å²) in [7, 11) is -12.8. The maximum atomic E-state index is 12.7. The normalized spacial score (nSPS) is 12.9. The van der Waals surface area contributed by atoms with Gasteiger partial charge in [-0.25, -0.2) is 0 Å². The number of aryl methyl sites for hydroxylation is 3. The van der Waals surface area contributed by atoms with Gasteiger partial charge in [0, 0.05) is 5.41 Å². The molecule has 205 valence electrons. The lowest BCUT2D eigenvalue weighted by atomic mass is 9.95. The van der Waals surface area contributed by atoms with E-state index in [0.29, 0.717) is 0 Å². The van der Waals surface area contributed by atoms with Gasteiger partial charge in [-0.15, -0.1) is 0 Å². The molecular formula is C26H29O9S3. The van der Waals surface area contributed by atoms with Crippen LogP contribution in [-0.2, 0) is 42.9 Å². The summed E-state index contributed by atoms with van der Waals surface area (Å²) in [4.78, 5) is -0.398. The van der Waals surface area contributed by atoms with Crippen molar-refractivity contribution in [2.24, 2.45) is 5.41 Å². The van der Waals surface area contributed by atoms with Crippen molar-refractivity contribution in [3.8, 4) is 0 Å². The third kappa shape index (κ3) is 7.95. The molecular weight excluding hydrogens is 552 g/mol. The van der Waals surface area contributed by atoms with E-state index in [1.807, 2.05) is 0 Å². The number of hydrogen-bond donors (Lipinski definition) is 0. The Morgan fingerprint density at radius 3 is 0.921 bits per heavy atom. The zero-order valence-electron chi connectivity index (χ0n) is 21.2. The number of hydrogen-bond acceptors (Lipinski definition) is 9. The van der Waals surface area contributed by atoms with Crippen LogP contribution in [0.25, 0.3) is 0 Å². The van der Waals surface area contributed by atoms with Crippen molar-refractivity contribution in [2.75, 3.05) is 19.8 Å². The van der Waals surface area contributed by atoms with Gasteiger partial charge in [0.2, 0.25) is 0 Å². The lowest BCUT2D eigenvalue weighted by molar-refractivity contribution is 0.0756. The van der Waals surface area contributed by atoms with Crippen molar-refractivity contribution in [1.29, 1.82) is 0 Å². The molecule has 12 heteroatoms. The predicted octanol–water partition coefficient (Wildman–Crippen LogP) is 3.95. The summed E-state index contributed by atoms with van der Waals surface area (Å²) in [6, 6.07) is 17.6. The fraction of sp³-hybridized carbons (Fsp3) is 0.269. The molecule has 0 aliphatic heterocycles. The van der Waals surface area contributed by atoms with Gasteiger partial charge in [0.05, 0.1) is 34.5 Å². The molecule has 0 aliphatic carbocycles. The van der Waals surface area contributed by atoms with Gasteiger partial charge in [-0.1, -0.05) is 53.1 Å². The average Bonchev–Trinajstić information content (AvgIpc) is 2.86. The van der Waals surface area contributed by atoms with Crippen LogP contribution in [0.15, 0.2) is 87.5 Å². The Bertz CT molecular complexity index is 1370. The van der Waals surface area contributed by atoms with Crippen LogP contribution in [0.4, 0.5) is 0 Å². The first kappa shape index (κ1) is 29.9. The largest absolute Gasteiger partial charge is 0.296 e. The van der Waals surface area contributed by atoms with Gasteiger partial charge in [0.25, 0.3) is 30.4 Å². The lowest BCUT2D eigenvalue weighted by Crippen LogP contribution is -2.37. The van der Waals surface area contributed by atoms with E-state index in [-0.39, 0.29) is 14.7 Å². The Labute approximate surface area is 224 Å². The molecule has 0 aromatic heterocycles. The van der Waals surface area contributed by atoms with Gasteiger partial charge in [0.1, 0.15) is 0 Å². The molecule has 38 heavy (non-hydrogen) atoms. The minimum Gasteiger partial charge on any atom is -0.266 e. The molecule has 3 aromatic carbocycles. The minimum absolute atomic E-state index is 0.133. The van der Waals surface area contributed by atoms with Crippen LogP contribution in [0.2, 0.25) is 0 Å². The molecule has 0 N–H and O–H groups in total. The van der Waals surface area contributed by atoms with Crippen molar-refractivity contribution >= 4 is 30.4 Å². The quantitative estimate of drug-likeness (QED) is 0.292. The van der Waals surface area contributed by atoms with Crippen LogP contribution < -0.4 is 0 Å². The van der Waals surface area contributed by atoms with Crippen molar-refractivity contribution in [3.63, 3.8) is 0 Å². The highest BCUT2D eigenvalue weighted by Crippen LogP contribution is 2.26. The minimum atomic E-state index is -4.28. The third-order valence-electron chi connectivity index (χ3n) is 5.49. The third-order valence-corrected chi connectivity index (χ3v) is 9.32. The smallest absolute Gasteiger partial charge is 0.266 e.